The lowest BCUT2D eigenvalue weighted by molar-refractivity contribution is 0.705. The molecule has 1 aliphatic rings. The molecule has 0 N–H and O–H groups in total. The Morgan fingerprint density at radius 3 is 2.59 bits per heavy atom. The third-order valence-corrected chi connectivity index (χ3v) is 3.75. The van der Waals surface area contributed by atoms with Crippen molar-refractivity contribution in [1.29, 1.82) is 0 Å². The number of benzene rings is 1. The Balaban J connectivity index is 0.00000144. The van der Waals surface area contributed by atoms with Gasteiger partial charge in [-0.3, -0.25) is 4.99 Å². The highest BCUT2D eigenvalue weighted by molar-refractivity contribution is 14.0. The van der Waals surface area contributed by atoms with Gasteiger partial charge in [-0.15, -0.1) is 24.0 Å². The molecule has 17 heavy (non-hydrogen) atoms. The molecule has 1 aliphatic heterocycles. The monoisotopic (exact) mass is 343 g/mol. The molecule has 0 amide bonds. The molecule has 0 unspecified atom stereocenters. The minimum Gasteiger partial charge on any atom is -0.257 e. The summed E-state index contributed by atoms with van der Waals surface area (Å²) in [5.74, 6) is 0. The molecule has 94 valence electrons. The van der Waals surface area contributed by atoms with Crippen molar-refractivity contribution >= 4 is 35.4 Å². The second-order valence-corrected chi connectivity index (χ2v) is 5.24. The molecule has 1 aromatic carbocycles. The number of halogens is 1. The lowest BCUT2D eigenvalue weighted by Crippen LogP contribution is -2.24. The van der Waals surface area contributed by atoms with Crippen LogP contribution >= 0.6 is 24.0 Å². The molecule has 0 bridgehead atoms. The Morgan fingerprint density at radius 1 is 1.24 bits per heavy atom. The van der Waals surface area contributed by atoms with Crippen LogP contribution in [0, 0.1) is 0 Å². The molecule has 0 radical (unpaired) electrons. The van der Waals surface area contributed by atoms with Crippen molar-refractivity contribution in [2.24, 2.45) is 4.99 Å². The molecule has 0 spiro atoms. The standard InChI is InChI=1S/C15H21N.HI/c1-5-6-8-12-9-7-10-13-14(12)15(3,4)11(2)16-13;/h7,9-10H,5-6,8H2,1-4H3;1H. The molecular formula is C15H22IN. The Labute approximate surface area is 122 Å². The molecule has 2 heteroatoms. The van der Waals surface area contributed by atoms with Gasteiger partial charge in [0.2, 0.25) is 0 Å². The van der Waals surface area contributed by atoms with Gasteiger partial charge in [-0.25, -0.2) is 0 Å². The zero-order chi connectivity index (χ0) is 11.8. The predicted octanol–water partition coefficient (Wildman–Crippen LogP) is 5.03. The zero-order valence-corrected chi connectivity index (χ0v) is 13.5. The normalized spacial score (nSPS) is 16.1. The van der Waals surface area contributed by atoms with Crippen LogP contribution in [0.2, 0.25) is 0 Å². The molecule has 1 nitrogen and oxygen atoms in total. The maximum atomic E-state index is 4.69. The maximum Gasteiger partial charge on any atom is 0.0673 e. The second-order valence-electron chi connectivity index (χ2n) is 5.24. The molecule has 1 aromatic rings. The van der Waals surface area contributed by atoms with E-state index in [0.29, 0.717) is 0 Å². The Bertz CT molecular complexity index is 433. The smallest absolute Gasteiger partial charge is 0.0673 e. The predicted molar refractivity (Wildman–Crippen MR) is 86.3 cm³/mol. The van der Waals surface area contributed by atoms with Gasteiger partial charge in [-0.1, -0.05) is 39.3 Å². The van der Waals surface area contributed by atoms with Gasteiger partial charge >= 0.3 is 0 Å². The summed E-state index contributed by atoms with van der Waals surface area (Å²) >= 11 is 0. The number of hydrogen-bond donors (Lipinski definition) is 0. The highest BCUT2D eigenvalue weighted by Gasteiger charge is 2.33. The van der Waals surface area contributed by atoms with Crippen LogP contribution in [-0.2, 0) is 11.8 Å². The van der Waals surface area contributed by atoms with Crippen LogP contribution in [0.1, 0.15) is 51.7 Å². The second kappa shape index (κ2) is 5.51. The number of aryl methyl sites for hydroxylation is 1. The van der Waals surface area contributed by atoms with Crippen LogP contribution in [0.3, 0.4) is 0 Å². The lowest BCUT2D eigenvalue weighted by atomic mass is 9.79. The van der Waals surface area contributed by atoms with Crippen molar-refractivity contribution < 1.29 is 0 Å². The van der Waals surface area contributed by atoms with E-state index in [1.54, 1.807) is 0 Å². The van der Waals surface area contributed by atoms with Crippen molar-refractivity contribution in [2.75, 3.05) is 0 Å². The number of aliphatic imine (C=N–C) groups is 1. The summed E-state index contributed by atoms with van der Waals surface area (Å²) in [5.41, 5.74) is 5.51. The van der Waals surface area contributed by atoms with E-state index in [2.05, 4.69) is 45.9 Å². The fourth-order valence-electron chi connectivity index (χ4n) is 2.48. The Hall–Kier alpha value is -0.380. The molecule has 0 aromatic heterocycles. The summed E-state index contributed by atoms with van der Waals surface area (Å²) < 4.78 is 0. The van der Waals surface area contributed by atoms with E-state index in [4.69, 9.17) is 4.99 Å². The van der Waals surface area contributed by atoms with Gasteiger partial charge in [-0.2, -0.15) is 0 Å². The highest BCUT2D eigenvalue weighted by atomic mass is 127. The molecular weight excluding hydrogens is 321 g/mol. The van der Waals surface area contributed by atoms with E-state index in [-0.39, 0.29) is 29.4 Å². The summed E-state index contributed by atoms with van der Waals surface area (Å²) in [7, 11) is 0. The quantitative estimate of drug-likeness (QED) is 0.683. The lowest BCUT2D eigenvalue weighted by Gasteiger charge is -2.23. The molecule has 0 saturated heterocycles. The number of unbranched alkanes of at least 4 members (excludes halogenated alkanes) is 1. The fourth-order valence-corrected chi connectivity index (χ4v) is 2.48. The van der Waals surface area contributed by atoms with Crippen molar-refractivity contribution in [3.63, 3.8) is 0 Å². The molecule has 1 heterocycles. The summed E-state index contributed by atoms with van der Waals surface area (Å²) in [6.07, 6.45) is 3.71. The third-order valence-electron chi connectivity index (χ3n) is 3.75. The zero-order valence-electron chi connectivity index (χ0n) is 11.2. The van der Waals surface area contributed by atoms with Crippen molar-refractivity contribution in [3.8, 4) is 0 Å². The SMILES string of the molecule is CCCCc1cccc2c1C(C)(C)C(C)=N2.I. The molecule has 0 fully saturated rings. The Kier molecular flexibility index (Phi) is 4.76. The first-order valence-corrected chi connectivity index (χ1v) is 6.25. The van der Waals surface area contributed by atoms with E-state index in [0.717, 1.165) is 0 Å². The first kappa shape index (κ1) is 14.7. The molecule has 0 saturated carbocycles. The van der Waals surface area contributed by atoms with Crippen LogP contribution in [-0.4, -0.2) is 5.71 Å². The highest BCUT2D eigenvalue weighted by Crippen LogP contribution is 2.42. The molecule has 2 rings (SSSR count). The number of fused-ring (bicyclic) bond motifs is 1. The van der Waals surface area contributed by atoms with E-state index in [9.17, 15) is 0 Å². The summed E-state index contributed by atoms with van der Waals surface area (Å²) in [4.78, 5) is 4.69. The van der Waals surface area contributed by atoms with Crippen molar-refractivity contribution in [3.05, 3.63) is 29.3 Å². The minimum absolute atomic E-state index is 0. The largest absolute Gasteiger partial charge is 0.257 e. The van der Waals surface area contributed by atoms with Gasteiger partial charge in [0.15, 0.2) is 0 Å². The topological polar surface area (TPSA) is 12.4 Å². The van der Waals surface area contributed by atoms with Crippen molar-refractivity contribution in [2.45, 2.75) is 52.4 Å². The van der Waals surface area contributed by atoms with Crippen LogP contribution in [0.4, 0.5) is 5.69 Å². The van der Waals surface area contributed by atoms with Gasteiger partial charge in [0, 0.05) is 11.1 Å². The third kappa shape index (κ3) is 2.56. The van der Waals surface area contributed by atoms with Gasteiger partial charge in [0.25, 0.3) is 0 Å². The number of hydrogen-bond acceptors (Lipinski definition) is 1. The van der Waals surface area contributed by atoms with E-state index in [1.807, 2.05) is 0 Å². The molecule has 0 atom stereocenters. The number of rotatable bonds is 3. The van der Waals surface area contributed by atoms with Crippen LogP contribution in [0.25, 0.3) is 0 Å². The fraction of sp³-hybridized carbons (Fsp3) is 0.533. The Morgan fingerprint density at radius 2 is 1.94 bits per heavy atom. The van der Waals surface area contributed by atoms with Crippen LogP contribution in [0.15, 0.2) is 23.2 Å². The van der Waals surface area contributed by atoms with E-state index >= 15 is 0 Å². The van der Waals surface area contributed by atoms with Gasteiger partial charge in [0.1, 0.15) is 0 Å². The van der Waals surface area contributed by atoms with E-state index in [1.165, 1.54) is 41.8 Å². The summed E-state index contributed by atoms with van der Waals surface area (Å²) in [6, 6.07) is 6.55. The number of nitrogens with zero attached hydrogens (tertiary/aromatic N) is 1. The average Bonchev–Trinajstić information content (AvgIpc) is 2.48. The summed E-state index contributed by atoms with van der Waals surface area (Å²) in [5, 5.41) is 0. The van der Waals surface area contributed by atoms with Crippen molar-refractivity contribution in [1.82, 2.24) is 0 Å². The minimum atomic E-state index is 0. The first-order valence-electron chi connectivity index (χ1n) is 6.25. The van der Waals surface area contributed by atoms with Gasteiger partial charge in [0.05, 0.1) is 5.69 Å². The van der Waals surface area contributed by atoms with Gasteiger partial charge in [-0.05, 0) is 37.0 Å². The average molecular weight is 343 g/mol. The summed E-state index contributed by atoms with van der Waals surface area (Å²) in [6.45, 7) is 8.96. The van der Waals surface area contributed by atoms with E-state index < -0.39 is 0 Å². The van der Waals surface area contributed by atoms with Gasteiger partial charge < -0.3 is 0 Å². The molecule has 0 aliphatic carbocycles. The van der Waals surface area contributed by atoms with Crippen LogP contribution < -0.4 is 0 Å². The van der Waals surface area contributed by atoms with Crippen LogP contribution in [0.5, 0.6) is 0 Å². The maximum absolute atomic E-state index is 4.69. The first-order chi connectivity index (χ1) is 7.57.